The molecule has 0 aliphatic carbocycles. The molecule has 1 unspecified atom stereocenters. The maximum absolute atomic E-state index is 13.2. The number of hydrogen-bond donors (Lipinski definition) is 1. The van der Waals surface area contributed by atoms with Crippen LogP contribution in [0, 0.1) is 5.82 Å². The van der Waals surface area contributed by atoms with E-state index in [-0.39, 0.29) is 11.9 Å². The summed E-state index contributed by atoms with van der Waals surface area (Å²) in [7, 11) is 1.88. The van der Waals surface area contributed by atoms with Crippen molar-refractivity contribution < 1.29 is 9.13 Å². The lowest BCUT2D eigenvalue weighted by atomic mass is 10.1. The Balaban J connectivity index is 2.22. The van der Waals surface area contributed by atoms with Crippen LogP contribution in [0.3, 0.4) is 0 Å². The molecule has 0 saturated heterocycles. The van der Waals surface area contributed by atoms with Gasteiger partial charge in [-0.1, -0.05) is 17.7 Å². The summed E-state index contributed by atoms with van der Waals surface area (Å²) in [6.07, 6.45) is 0. The van der Waals surface area contributed by atoms with Gasteiger partial charge in [0.15, 0.2) is 0 Å². The van der Waals surface area contributed by atoms with E-state index in [1.165, 1.54) is 6.07 Å². The number of rotatable bonds is 4. The summed E-state index contributed by atoms with van der Waals surface area (Å²) in [6.45, 7) is 2.03. The first kappa shape index (κ1) is 15.3. The van der Waals surface area contributed by atoms with Crippen molar-refractivity contribution in [1.29, 1.82) is 0 Å². The summed E-state index contributed by atoms with van der Waals surface area (Å²) in [5, 5.41) is 3.76. The summed E-state index contributed by atoms with van der Waals surface area (Å²) in [6, 6.07) is 10.2. The fourth-order valence-electron chi connectivity index (χ4n) is 1.75. The molecule has 0 aromatic heterocycles. The molecular formula is C15H14BrClFNO. The molecule has 20 heavy (non-hydrogen) atoms. The maximum atomic E-state index is 13.2. The molecule has 0 aliphatic rings. The van der Waals surface area contributed by atoms with Crippen LogP contribution in [0.5, 0.6) is 11.5 Å². The first-order valence-electron chi connectivity index (χ1n) is 6.11. The monoisotopic (exact) mass is 357 g/mol. The van der Waals surface area contributed by atoms with Gasteiger partial charge in [-0.25, -0.2) is 4.39 Å². The van der Waals surface area contributed by atoms with Gasteiger partial charge in [-0.3, -0.25) is 0 Å². The van der Waals surface area contributed by atoms with Crippen molar-refractivity contribution in [2.24, 2.45) is 0 Å². The molecule has 0 radical (unpaired) electrons. The molecule has 0 amide bonds. The predicted molar refractivity (Wildman–Crippen MR) is 83.1 cm³/mol. The molecule has 0 bridgehead atoms. The highest BCUT2D eigenvalue weighted by molar-refractivity contribution is 9.10. The van der Waals surface area contributed by atoms with Gasteiger partial charge in [0, 0.05) is 11.1 Å². The number of nitrogens with one attached hydrogen (secondary N) is 1. The Morgan fingerprint density at radius 3 is 2.45 bits per heavy atom. The van der Waals surface area contributed by atoms with E-state index in [1.54, 1.807) is 18.2 Å². The van der Waals surface area contributed by atoms with E-state index in [4.69, 9.17) is 16.3 Å². The average molecular weight is 359 g/mol. The third kappa shape index (κ3) is 3.51. The largest absolute Gasteiger partial charge is 0.457 e. The minimum Gasteiger partial charge on any atom is -0.457 e. The van der Waals surface area contributed by atoms with E-state index in [2.05, 4.69) is 21.2 Å². The highest BCUT2D eigenvalue weighted by atomic mass is 79.9. The molecule has 2 aromatic carbocycles. The van der Waals surface area contributed by atoms with E-state index in [9.17, 15) is 4.39 Å². The third-order valence-electron chi connectivity index (χ3n) is 3.00. The lowest BCUT2D eigenvalue weighted by molar-refractivity contribution is 0.479. The fraction of sp³-hybridized carbons (Fsp3) is 0.200. The van der Waals surface area contributed by atoms with Crippen LogP contribution in [0.25, 0.3) is 0 Å². The zero-order chi connectivity index (χ0) is 14.7. The number of hydrogen-bond acceptors (Lipinski definition) is 2. The zero-order valence-corrected chi connectivity index (χ0v) is 13.4. The Hall–Kier alpha value is -1.10. The minimum atomic E-state index is -0.325. The molecule has 0 fully saturated rings. The maximum Gasteiger partial charge on any atom is 0.137 e. The lowest BCUT2D eigenvalue weighted by Crippen LogP contribution is -2.12. The Bertz CT molecular complexity index is 621. The van der Waals surface area contributed by atoms with Crippen LogP contribution in [0.1, 0.15) is 18.5 Å². The second-order valence-electron chi connectivity index (χ2n) is 4.37. The summed E-state index contributed by atoms with van der Waals surface area (Å²) in [4.78, 5) is 0. The normalized spacial score (nSPS) is 12.2. The molecule has 0 spiro atoms. The highest BCUT2D eigenvalue weighted by Crippen LogP contribution is 2.31. The molecule has 5 heteroatoms. The molecule has 2 nitrogen and oxygen atoms in total. The van der Waals surface area contributed by atoms with Crippen molar-refractivity contribution in [3.8, 4) is 11.5 Å². The van der Waals surface area contributed by atoms with Crippen molar-refractivity contribution in [3.63, 3.8) is 0 Å². The predicted octanol–water partition coefficient (Wildman–Crippen LogP) is 5.31. The topological polar surface area (TPSA) is 21.3 Å². The van der Waals surface area contributed by atoms with Gasteiger partial charge in [0.1, 0.15) is 17.3 Å². The number of benzene rings is 2. The summed E-state index contributed by atoms with van der Waals surface area (Å²) >= 11 is 9.36. The molecule has 0 saturated carbocycles. The second kappa shape index (κ2) is 6.57. The molecule has 1 atom stereocenters. The van der Waals surface area contributed by atoms with Crippen LogP contribution >= 0.6 is 27.5 Å². The van der Waals surface area contributed by atoms with Gasteiger partial charge < -0.3 is 10.1 Å². The zero-order valence-electron chi connectivity index (χ0n) is 11.1. The van der Waals surface area contributed by atoms with Crippen LogP contribution in [-0.2, 0) is 0 Å². The van der Waals surface area contributed by atoms with Crippen LogP contribution in [-0.4, -0.2) is 7.05 Å². The first-order chi connectivity index (χ1) is 9.51. The summed E-state index contributed by atoms with van der Waals surface area (Å²) < 4.78 is 19.2. The Morgan fingerprint density at radius 1 is 1.20 bits per heavy atom. The quantitative estimate of drug-likeness (QED) is 0.799. The van der Waals surface area contributed by atoms with Crippen molar-refractivity contribution in [3.05, 3.63) is 57.3 Å². The average Bonchev–Trinajstić information content (AvgIpc) is 2.42. The van der Waals surface area contributed by atoms with Gasteiger partial charge in [0.2, 0.25) is 0 Å². The standard InChI is InChI=1S/C15H14BrClFNO/c1-9(19-2)12-5-3-11(8-14(12)17)20-10-4-6-15(18)13(16)7-10/h3-9,19H,1-2H3. The van der Waals surface area contributed by atoms with Crippen LogP contribution < -0.4 is 10.1 Å². The van der Waals surface area contributed by atoms with Crippen molar-refractivity contribution in [2.45, 2.75) is 13.0 Å². The van der Waals surface area contributed by atoms with Gasteiger partial charge in [-0.05, 0) is 65.8 Å². The smallest absolute Gasteiger partial charge is 0.137 e. The molecule has 2 rings (SSSR count). The fourth-order valence-corrected chi connectivity index (χ4v) is 2.45. The van der Waals surface area contributed by atoms with Gasteiger partial charge in [-0.15, -0.1) is 0 Å². The van der Waals surface area contributed by atoms with Crippen LogP contribution in [0.15, 0.2) is 40.9 Å². The Labute approximate surface area is 131 Å². The number of ether oxygens (including phenoxy) is 1. The van der Waals surface area contributed by atoms with Gasteiger partial charge >= 0.3 is 0 Å². The molecule has 0 heterocycles. The first-order valence-corrected chi connectivity index (χ1v) is 7.28. The minimum absolute atomic E-state index is 0.163. The molecule has 1 N–H and O–H groups in total. The van der Waals surface area contributed by atoms with Crippen LogP contribution in [0.4, 0.5) is 4.39 Å². The van der Waals surface area contributed by atoms with E-state index in [0.29, 0.717) is 21.0 Å². The molecule has 0 aliphatic heterocycles. The SMILES string of the molecule is CNC(C)c1ccc(Oc2ccc(F)c(Br)c2)cc1Cl. The molecular weight excluding hydrogens is 345 g/mol. The van der Waals surface area contributed by atoms with Gasteiger partial charge in [0.25, 0.3) is 0 Å². The van der Waals surface area contributed by atoms with E-state index >= 15 is 0 Å². The van der Waals surface area contributed by atoms with Crippen LogP contribution in [0.2, 0.25) is 5.02 Å². The Morgan fingerprint density at radius 2 is 1.85 bits per heavy atom. The lowest BCUT2D eigenvalue weighted by Gasteiger charge is -2.14. The van der Waals surface area contributed by atoms with Gasteiger partial charge in [0.05, 0.1) is 4.47 Å². The van der Waals surface area contributed by atoms with Gasteiger partial charge in [-0.2, -0.15) is 0 Å². The number of halogens is 3. The van der Waals surface area contributed by atoms with Crippen molar-refractivity contribution in [2.75, 3.05) is 7.05 Å². The summed E-state index contributed by atoms with van der Waals surface area (Å²) in [5.41, 5.74) is 1.00. The summed E-state index contributed by atoms with van der Waals surface area (Å²) in [5.74, 6) is 0.831. The van der Waals surface area contributed by atoms with E-state index < -0.39 is 0 Å². The molecule has 2 aromatic rings. The second-order valence-corrected chi connectivity index (χ2v) is 5.63. The van der Waals surface area contributed by atoms with E-state index in [0.717, 1.165) is 5.56 Å². The van der Waals surface area contributed by atoms with Crippen molar-refractivity contribution >= 4 is 27.5 Å². The highest BCUT2D eigenvalue weighted by Gasteiger charge is 2.09. The van der Waals surface area contributed by atoms with E-state index in [1.807, 2.05) is 26.1 Å². The Kier molecular flexibility index (Phi) is 5.02. The molecule has 106 valence electrons. The third-order valence-corrected chi connectivity index (χ3v) is 3.93. The van der Waals surface area contributed by atoms with Crippen molar-refractivity contribution in [1.82, 2.24) is 5.32 Å².